The van der Waals surface area contributed by atoms with E-state index in [1.165, 1.54) is 6.92 Å². The van der Waals surface area contributed by atoms with Crippen LogP contribution in [-0.4, -0.2) is 45.2 Å². The van der Waals surface area contributed by atoms with Crippen LogP contribution in [0.15, 0.2) is 0 Å². The number of carbonyl (C=O) groups is 2. The fourth-order valence-corrected chi connectivity index (χ4v) is 0.463. The summed E-state index contributed by atoms with van der Waals surface area (Å²) in [6, 6.07) is 0. The van der Waals surface area contributed by atoms with E-state index in [2.05, 4.69) is 0 Å². The minimum atomic E-state index is -0.951. The van der Waals surface area contributed by atoms with Crippen LogP contribution in [0, 0.1) is 5.92 Å². The van der Waals surface area contributed by atoms with Crippen LogP contribution in [-0.2, 0) is 9.59 Å². The van der Waals surface area contributed by atoms with Crippen LogP contribution in [0.4, 0.5) is 0 Å². The van der Waals surface area contributed by atoms with Crippen molar-refractivity contribution in [3.05, 3.63) is 0 Å². The molecule has 0 aliphatic rings. The van der Waals surface area contributed by atoms with E-state index in [9.17, 15) is 9.59 Å². The molecule has 11 heavy (non-hydrogen) atoms. The van der Waals surface area contributed by atoms with Crippen molar-refractivity contribution in [3.8, 4) is 0 Å². The first-order valence-electron chi connectivity index (χ1n) is 2.98. The molecule has 0 saturated heterocycles. The summed E-state index contributed by atoms with van der Waals surface area (Å²) in [6.07, 6.45) is 0.123. The van der Waals surface area contributed by atoms with Crippen molar-refractivity contribution >= 4 is 35.0 Å². The first-order valence-corrected chi connectivity index (χ1v) is 2.98. The van der Waals surface area contributed by atoms with Crippen LogP contribution in [0.3, 0.4) is 0 Å². The fourth-order valence-electron chi connectivity index (χ4n) is 0.463. The molecule has 0 aliphatic heterocycles. The van der Waals surface area contributed by atoms with Gasteiger partial charge in [-0.3, -0.25) is 9.59 Å². The summed E-state index contributed by atoms with van der Waals surface area (Å²) in [4.78, 5) is 20.1. The van der Waals surface area contributed by atoms with Crippen molar-refractivity contribution in [1.82, 2.24) is 0 Å². The van der Waals surface area contributed by atoms with Gasteiger partial charge in [-0.15, -0.1) is 0 Å². The molecule has 0 aromatic heterocycles. The molecule has 0 saturated carbocycles. The number of rotatable bonds is 4. The predicted octanol–water partition coefficient (Wildman–Crippen LogP) is 0.416. The minimum absolute atomic E-state index is 0. The van der Waals surface area contributed by atoms with Gasteiger partial charge in [0.25, 0.3) is 0 Å². The van der Waals surface area contributed by atoms with Crippen LogP contribution in [0.25, 0.3) is 0 Å². The predicted molar refractivity (Wildman–Crippen MR) is 41.6 cm³/mol. The molecule has 0 heterocycles. The summed E-state index contributed by atoms with van der Waals surface area (Å²) in [6.45, 7) is 1.49. The molecule has 2 N–H and O–H groups in total. The van der Waals surface area contributed by atoms with Gasteiger partial charge < -0.3 is 13.1 Å². The van der Waals surface area contributed by atoms with Gasteiger partial charge in [0.15, 0.2) is 0 Å². The zero-order valence-corrected chi connectivity index (χ0v) is 7.82. The maximum absolute atomic E-state index is 10.1. The van der Waals surface area contributed by atoms with Crippen LogP contribution >= 0.6 is 0 Å². The Morgan fingerprint density at radius 3 is 2.18 bits per heavy atom. The summed E-state index contributed by atoms with van der Waals surface area (Å²) in [7, 11) is 0. The molecule has 62 valence electrons. The second kappa shape index (κ2) is 6.42. The first kappa shape index (κ1) is 13.3. The van der Waals surface area contributed by atoms with Crippen molar-refractivity contribution in [2.45, 2.75) is 19.8 Å². The van der Waals surface area contributed by atoms with Crippen LogP contribution < -0.4 is 0 Å². The van der Waals surface area contributed by atoms with Gasteiger partial charge >= 0.3 is 35.0 Å². The van der Waals surface area contributed by atoms with E-state index in [4.69, 9.17) is 10.2 Å². The van der Waals surface area contributed by atoms with Crippen LogP contribution in [0.1, 0.15) is 22.6 Å². The molecule has 0 aliphatic carbocycles. The van der Waals surface area contributed by atoms with Crippen LogP contribution in [0.2, 0.25) is 0 Å². The standard InChI is InChI=1S/C6H10O4.Mg.2H/c1-4(6(9)10)2-3-5(7)8;;;/h4H,2-3H2,1H3,(H,7,8)(H,9,10);;;/q;+2;2*-1. The minimum Gasteiger partial charge on any atom is -1.00 e. The zero-order chi connectivity index (χ0) is 8.15. The zero-order valence-electron chi connectivity index (χ0n) is 8.41. The Kier molecular flexibility index (Phi) is 7.76. The summed E-state index contributed by atoms with van der Waals surface area (Å²) < 4.78 is 0. The van der Waals surface area contributed by atoms with Gasteiger partial charge in [0.2, 0.25) is 0 Å². The van der Waals surface area contributed by atoms with E-state index in [0.29, 0.717) is 0 Å². The number of aliphatic carboxylic acids is 2. The van der Waals surface area contributed by atoms with E-state index in [-0.39, 0.29) is 38.7 Å². The molecule has 0 fully saturated rings. The number of hydrogen-bond donors (Lipinski definition) is 2. The SMILES string of the molecule is CC(CCC(=O)O)C(=O)O.[H-].[H-].[Mg+2]. The third-order valence-electron chi connectivity index (χ3n) is 1.21. The van der Waals surface area contributed by atoms with Crippen molar-refractivity contribution in [2.24, 2.45) is 5.92 Å². The van der Waals surface area contributed by atoms with Crippen molar-refractivity contribution in [2.75, 3.05) is 0 Å². The van der Waals surface area contributed by atoms with E-state index < -0.39 is 17.9 Å². The number of carboxylic acid groups (broad SMARTS) is 2. The monoisotopic (exact) mass is 172 g/mol. The van der Waals surface area contributed by atoms with Crippen molar-refractivity contribution in [1.29, 1.82) is 0 Å². The van der Waals surface area contributed by atoms with Gasteiger partial charge in [0, 0.05) is 6.42 Å². The van der Waals surface area contributed by atoms with E-state index in [1.54, 1.807) is 0 Å². The van der Waals surface area contributed by atoms with Gasteiger partial charge in [-0.05, 0) is 6.42 Å². The molecule has 0 aromatic carbocycles. The Bertz CT molecular complexity index is 154. The molecule has 0 amide bonds. The Balaban J connectivity index is -0.000000135. The number of hydrogen-bond acceptors (Lipinski definition) is 2. The third kappa shape index (κ3) is 7.60. The van der Waals surface area contributed by atoms with Gasteiger partial charge in [0.1, 0.15) is 0 Å². The second-order valence-electron chi connectivity index (χ2n) is 2.17. The van der Waals surface area contributed by atoms with Crippen molar-refractivity contribution in [3.63, 3.8) is 0 Å². The Labute approximate surface area is 83.7 Å². The second-order valence-corrected chi connectivity index (χ2v) is 2.17. The van der Waals surface area contributed by atoms with E-state index >= 15 is 0 Å². The average molecular weight is 172 g/mol. The normalized spacial score (nSPS) is 11.4. The van der Waals surface area contributed by atoms with Crippen LogP contribution in [0.5, 0.6) is 0 Å². The molecule has 5 heteroatoms. The molecule has 0 rings (SSSR count). The fraction of sp³-hybridized carbons (Fsp3) is 0.667. The molecule has 0 bridgehead atoms. The third-order valence-corrected chi connectivity index (χ3v) is 1.21. The summed E-state index contributed by atoms with van der Waals surface area (Å²) in [5.41, 5.74) is 0. The van der Waals surface area contributed by atoms with Crippen molar-refractivity contribution < 1.29 is 22.7 Å². The van der Waals surface area contributed by atoms with Gasteiger partial charge in [-0.2, -0.15) is 0 Å². The molecule has 0 radical (unpaired) electrons. The molecular formula is C6H12MgO4. The maximum Gasteiger partial charge on any atom is 2.00 e. The molecule has 0 spiro atoms. The number of carboxylic acids is 2. The Morgan fingerprint density at radius 2 is 1.91 bits per heavy atom. The summed E-state index contributed by atoms with van der Waals surface area (Å²) in [5, 5.41) is 16.5. The van der Waals surface area contributed by atoms with Gasteiger partial charge in [-0.25, -0.2) is 0 Å². The molecule has 1 unspecified atom stereocenters. The molecular weight excluding hydrogens is 160 g/mol. The average Bonchev–Trinajstić information content (AvgIpc) is 1.82. The topological polar surface area (TPSA) is 74.6 Å². The smallest absolute Gasteiger partial charge is 1.00 e. The summed E-state index contributed by atoms with van der Waals surface area (Å²) >= 11 is 0. The van der Waals surface area contributed by atoms with E-state index in [1.807, 2.05) is 0 Å². The molecule has 4 nitrogen and oxygen atoms in total. The largest absolute Gasteiger partial charge is 2.00 e. The molecule has 1 atom stereocenters. The summed E-state index contributed by atoms with van der Waals surface area (Å²) in [5.74, 6) is -2.45. The van der Waals surface area contributed by atoms with Gasteiger partial charge in [0.05, 0.1) is 5.92 Å². The quantitative estimate of drug-likeness (QED) is 0.603. The van der Waals surface area contributed by atoms with Gasteiger partial charge in [-0.1, -0.05) is 6.92 Å². The Hall–Kier alpha value is -0.294. The van der Waals surface area contributed by atoms with E-state index in [0.717, 1.165) is 0 Å². The maximum atomic E-state index is 10.1. The first-order chi connectivity index (χ1) is 4.54. The molecule has 0 aromatic rings. The Morgan fingerprint density at radius 1 is 1.45 bits per heavy atom.